The molecule has 0 spiro atoms. The highest BCUT2D eigenvalue weighted by Gasteiger charge is 2.19. The first-order valence-corrected chi connectivity index (χ1v) is 7.78. The van der Waals surface area contributed by atoms with Crippen molar-refractivity contribution >= 4 is 33.3 Å². The van der Waals surface area contributed by atoms with Crippen LogP contribution in [0.15, 0.2) is 35.4 Å². The van der Waals surface area contributed by atoms with Gasteiger partial charge in [-0.1, -0.05) is 29.3 Å². The van der Waals surface area contributed by atoms with Gasteiger partial charge in [0.15, 0.2) is 0 Å². The van der Waals surface area contributed by atoms with E-state index in [9.17, 15) is 8.42 Å². The van der Waals surface area contributed by atoms with Crippen LogP contribution >= 0.6 is 23.2 Å². The predicted octanol–water partition coefficient (Wildman–Crippen LogP) is 3.77. The SMILES string of the molecule is Cc1cc(C)cc(OS(=O)(=O)c2cnc(Cl)c(Cl)c2)c1. The maximum absolute atomic E-state index is 12.1. The number of aryl methyl sites for hydroxylation is 2. The molecule has 0 aliphatic carbocycles. The number of hydrogen-bond acceptors (Lipinski definition) is 4. The van der Waals surface area contributed by atoms with Crippen molar-refractivity contribution in [2.75, 3.05) is 0 Å². The molecule has 0 bridgehead atoms. The molecule has 0 unspecified atom stereocenters. The van der Waals surface area contributed by atoms with Crippen molar-refractivity contribution in [1.82, 2.24) is 4.98 Å². The molecule has 0 N–H and O–H groups in total. The van der Waals surface area contributed by atoms with E-state index in [1.165, 1.54) is 6.07 Å². The molecule has 0 amide bonds. The minimum absolute atomic E-state index is 0.0389. The van der Waals surface area contributed by atoms with Crippen LogP contribution in [0, 0.1) is 13.8 Å². The van der Waals surface area contributed by atoms with Crippen molar-refractivity contribution in [2.45, 2.75) is 18.7 Å². The Morgan fingerprint density at radius 2 is 1.65 bits per heavy atom. The zero-order valence-electron chi connectivity index (χ0n) is 10.7. The third kappa shape index (κ3) is 3.42. The van der Waals surface area contributed by atoms with E-state index in [-0.39, 0.29) is 20.8 Å². The molecular weight excluding hydrogens is 321 g/mol. The number of aromatic nitrogens is 1. The minimum atomic E-state index is -3.99. The largest absolute Gasteiger partial charge is 0.379 e. The van der Waals surface area contributed by atoms with Gasteiger partial charge in [-0.25, -0.2) is 4.98 Å². The Bertz CT molecular complexity index is 740. The van der Waals surface area contributed by atoms with Crippen LogP contribution in [0.3, 0.4) is 0 Å². The Morgan fingerprint density at radius 3 is 2.20 bits per heavy atom. The summed E-state index contributed by atoms with van der Waals surface area (Å²) in [5.41, 5.74) is 1.81. The molecule has 0 radical (unpaired) electrons. The van der Waals surface area contributed by atoms with Gasteiger partial charge in [-0.15, -0.1) is 0 Å². The number of halogens is 2. The molecule has 1 aromatic carbocycles. The van der Waals surface area contributed by atoms with Crippen molar-refractivity contribution in [3.8, 4) is 5.75 Å². The number of rotatable bonds is 3. The van der Waals surface area contributed by atoms with Crippen molar-refractivity contribution in [3.05, 3.63) is 51.8 Å². The summed E-state index contributed by atoms with van der Waals surface area (Å²) in [5, 5.41) is 0.0915. The molecule has 20 heavy (non-hydrogen) atoms. The fraction of sp³-hybridized carbons (Fsp3) is 0.154. The summed E-state index contributed by atoms with van der Waals surface area (Å²) in [5.74, 6) is 0.244. The normalized spacial score (nSPS) is 11.4. The van der Waals surface area contributed by atoms with Gasteiger partial charge < -0.3 is 4.18 Å². The summed E-state index contributed by atoms with van der Waals surface area (Å²) in [6.07, 6.45) is 1.10. The van der Waals surface area contributed by atoms with E-state index >= 15 is 0 Å². The van der Waals surface area contributed by atoms with E-state index < -0.39 is 10.1 Å². The van der Waals surface area contributed by atoms with Crippen LogP contribution in [0.25, 0.3) is 0 Å². The number of hydrogen-bond donors (Lipinski definition) is 0. The molecule has 4 nitrogen and oxygen atoms in total. The maximum atomic E-state index is 12.1. The van der Waals surface area contributed by atoms with Crippen molar-refractivity contribution in [1.29, 1.82) is 0 Å². The Morgan fingerprint density at radius 1 is 1.05 bits per heavy atom. The third-order valence-electron chi connectivity index (χ3n) is 2.46. The number of pyridine rings is 1. The second kappa shape index (κ2) is 5.60. The molecule has 0 saturated heterocycles. The lowest BCUT2D eigenvalue weighted by molar-refractivity contribution is 0.485. The van der Waals surface area contributed by atoms with E-state index in [1.54, 1.807) is 12.1 Å². The highest BCUT2D eigenvalue weighted by Crippen LogP contribution is 2.25. The first-order chi connectivity index (χ1) is 9.28. The van der Waals surface area contributed by atoms with E-state index in [0.29, 0.717) is 0 Å². The number of nitrogens with zero attached hydrogens (tertiary/aromatic N) is 1. The monoisotopic (exact) mass is 331 g/mol. The molecule has 1 aromatic heterocycles. The van der Waals surface area contributed by atoms with Gasteiger partial charge in [0.1, 0.15) is 15.8 Å². The summed E-state index contributed by atoms with van der Waals surface area (Å²) in [6.45, 7) is 3.71. The molecule has 106 valence electrons. The van der Waals surface area contributed by atoms with E-state index in [2.05, 4.69) is 4.98 Å². The van der Waals surface area contributed by atoms with Crippen LogP contribution in [0.4, 0.5) is 0 Å². The van der Waals surface area contributed by atoms with E-state index in [0.717, 1.165) is 17.3 Å². The summed E-state index contributed by atoms with van der Waals surface area (Å²) in [7, 11) is -3.99. The van der Waals surface area contributed by atoms with E-state index in [1.807, 2.05) is 19.9 Å². The lowest BCUT2D eigenvalue weighted by atomic mass is 10.1. The molecule has 0 aliphatic rings. The van der Waals surface area contributed by atoms with Gasteiger partial charge in [0.05, 0.1) is 11.2 Å². The average molecular weight is 332 g/mol. The molecular formula is C13H11Cl2NO3S. The van der Waals surface area contributed by atoms with Crippen LogP contribution in [-0.2, 0) is 10.1 Å². The summed E-state index contributed by atoms with van der Waals surface area (Å²) in [4.78, 5) is 3.55. The fourth-order valence-corrected chi connectivity index (χ4v) is 2.92. The highest BCUT2D eigenvalue weighted by atomic mass is 35.5. The van der Waals surface area contributed by atoms with Gasteiger partial charge in [-0.05, 0) is 43.2 Å². The first-order valence-electron chi connectivity index (χ1n) is 5.62. The molecule has 0 aliphatic heterocycles. The topological polar surface area (TPSA) is 56.3 Å². The zero-order valence-corrected chi connectivity index (χ0v) is 13.1. The van der Waals surface area contributed by atoms with Crippen LogP contribution in [0.1, 0.15) is 11.1 Å². The maximum Gasteiger partial charge on any atom is 0.340 e. The lowest BCUT2D eigenvalue weighted by Gasteiger charge is -2.09. The summed E-state index contributed by atoms with van der Waals surface area (Å²) in [6, 6.07) is 6.39. The molecule has 0 atom stereocenters. The van der Waals surface area contributed by atoms with Crippen molar-refractivity contribution in [2.24, 2.45) is 0 Å². The minimum Gasteiger partial charge on any atom is -0.379 e. The van der Waals surface area contributed by atoms with Gasteiger partial charge in [-0.2, -0.15) is 8.42 Å². The summed E-state index contributed by atoms with van der Waals surface area (Å²) < 4.78 is 29.3. The fourth-order valence-electron chi connectivity index (χ4n) is 1.70. The van der Waals surface area contributed by atoms with Gasteiger partial charge in [-0.3, -0.25) is 0 Å². The second-order valence-corrected chi connectivity index (χ2v) is 6.62. The van der Waals surface area contributed by atoms with Crippen molar-refractivity contribution in [3.63, 3.8) is 0 Å². The van der Waals surface area contributed by atoms with Gasteiger partial charge in [0.2, 0.25) is 0 Å². The van der Waals surface area contributed by atoms with Gasteiger partial charge in [0.25, 0.3) is 0 Å². The van der Waals surface area contributed by atoms with Gasteiger partial charge in [0, 0.05) is 0 Å². The average Bonchev–Trinajstić information content (AvgIpc) is 2.30. The van der Waals surface area contributed by atoms with Gasteiger partial charge >= 0.3 is 10.1 Å². The predicted molar refractivity (Wildman–Crippen MR) is 78.0 cm³/mol. The Labute approximate surface area is 127 Å². The third-order valence-corrected chi connectivity index (χ3v) is 4.36. The molecule has 2 aromatic rings. The Balaban J connectivity index is 2.37. The summed E-state index contributed by atoms with van der Waals surface area (Å²) >= 11 is 11.4. The Kier molecular flexibility index (Phi) is 4.22. The standard InChI is InChI=1S/C13H11Cl2NO3S/c1-8-3-9(2)5-10(4-8)19-20(17,18)11-6-12(14)13(15)16-7-11/h3-7H,1-2H3. The van der Waals surface area contributed by atoms with Crippen LogP contribution in [0.2, 0.25) is 10.2 Å². The van der Waals surface area contributed by atoms with Crippen LogP contribution in [-0.4, -0.2) is 13.4 Å². The second-order valence-electron chi connectivity index (χ2n) is 4.30. The zero-order chi connectivity index (χ0) is 14.9. The molecule has 7 heteroatoms. The molecule has 0 fully saturated rings. The lowest BCUT2D eigenvalue weighted by Crippen LogP contribution is -2.10. The van der Waals surface area contributed by atoms with Crippen molar-refractivity contribution < 1.29 is 12.6 Å². The number of benzene rings is 1. The van der Waals surface area contributed by atoms with Crippen LogP contribution < -0.4 is 4.18 Å². The molecule has 1 heterocycles. The quantitative estimate of drug-likeness (QED) is 0.634. The van der Waals surface area contributed by atoms with Crippen LogP contribution in [0.5, 0.6) is 5.75 Å². The molecule has 2 rings (SSSR count). The highest BCUT2D eigenvalue weighted by molar-refractivity contribution is 7.87. The smallest absolute Gasteiger partial charge is 0.340 e. The Hall–Kier alpha value is -1.30. The molecule has 0 saturated carbocycles. The van der Waals surface area contributed by atoms with E-state index in [4.69, 9.17) is 27.4 Å². The first kappa shape index (κ1) is 15.1.